The zero-order chi connectivity index (χ0) is 23.5. The minimum atomic E-state index is -4.30. The standard InChI is InChI=1S/2C7H10ClNS.C2H6O6S2/c2*1-5-7(3-4-8)10-6(2)9-5;3-9(4,5)1-2-10(6,7)8/h2*3-4H2,1-2H3;1-2H2,(H,3,4,5)(H,6,7,8). The van der Waals surface area contributed by atoms with Crippen LogP contribution in [0.5, 0.6) is 0 Å². The zero-order valence-corrected chi connectivity index (χ0v) is 21.8. The van der Waals surface area contributed by atoms with Gasteiger partial charge in [-0.25, -0.2) is 9.97 Å². The highest BCUT2D eigenvalue weighted by atomic mass is 35.5. The lowest BCUT2D eigenvalue weighted by molar-refractivity contribution is 0.472. The molecule has 0 saturated carbocycles. The number of hydrogen-bond donors (Lipinski definition) is 2. The van der Waals surface area contributed by atoms with Crippen molar-refractivity contribution in [1.29, 1.82) is 0 Å². The Labute approximate surface area is 196 Å². The van der Waals surface area contributed by atoms with Gasteiger partial charge in [0.1, 0.15) is 0 Å². The summed E-state index contributed by atoms with van der Waals surface area (Å²) in [7, 11) is -8.59. The van der Waals surface area contributed by atoms with Gasteiger partial charge in [-0.05, 0) is 40.5 Å². The Hall–Kier alpha value is -0.340. The van der Waals surface area contributed by atoms with E-state index in [2.05, 4.69) is 9.97 Å². The average Bonchev–Trinajstić information content (AvgIpc) is 3.07. The first-order chi connectivity index (χ1) is 13.7. The molecule has 174 valence electrons. The topological polar surface area (TPSA) is 135 Å². The van der Waals surface area contributed by atoms with Gasteiger partial charge in [0.25, 0.3) is 20.2 Å². The molecule has 2 heterocycles. The second kappa shape index (κ2) is 13.9. The van der Waals surface area contributed by atoms with Gasteiger partial charge in [-0.2, -0.15) is 16.8 Å². The number of halogens is 2. The molecule has 0 saturated heterocycles. The van der Waals surface area contributed by atoms with Crippen LogP contribution in [0.1, 0.15) is 31.2 Å². The summed E-state index contributed by atoms with van der Waals surface area (Å²) in [6, 6.07) is 0. The van der Waals surface area contributed by atoms with Gasteiger partial charge < -0.3 is 0 Å². The van der Waals surface area contributed by atoms with Crippen LogP contribution in [-0.4, -0.2) is 59.2 Å². The SMILES string of the molecule is Cc1nc(C)c(CCCl)s1.Cc1nc(C)c(CCCl)s1.O=S(=O)(O)CCS(=O)(=O)O. The lowest BCUT2D eigenvalue weighted by Gasteiger charge is -1.92. The summed E-state index contributed by atoms with van der Waals surface area (Å²) in [6.07, 6.45) is 1.91. The third kappa shape index (κ3) is 14.6. The minimum absolute atomic E-state index is 0.697. The monoisotopic (exact) mass is 540 g/mol. The largest absolute Gasteiger partial charge is 0.286 e. The highest BCUT2D eigenvalue weighted by molar-refractivity contribution is 7.89. The van der Waals surface area contributed by atoms with E-state index < -0.39 is 31.7 Å². The number of nitrogens with zero attached hydrogens (tertiary/aromatic N) is 2. The molecule has 0 bridgehead atoms. The maximum atomic E-state index is 9.86. The fourth-order valence-electron chi connectivity index (χ4n) is 1.99. The molecule has 8 nitrogen and oxygen atoms in total. The first kappa shape index (κ1) is 29.7. The molecule has 0 aliphatic heterocycles. The Balaban J connectivity index is 0.000000420. The summed E-state index contributed by atoms with van der Waals surface area (Å²) in [5.74, 6) is -0.567. The van der Waals surface area contributed by atoms with Crippen molar-refractivity contribution in [1.82, 2.24) is 9.97 Å². The van der Waals surface area contributed by atoms with Gasteiger partial charge in [0.05, 0.1) is 32.9 Å². The molecule has 2 N–H and O–H groups in total. The molecule has 0 atom stereocenters. The van der Waals surface area contributed by atoms with Gasteiger partial charge in [0, 0.05) is 21.5 Å². The van der Waals surface area contributed by atoms with Crippen molar-refractivity contribution < 1.29 is 25.9 Å². The minimum Gasteiger partial charge on any atom is -0.286 e. The van der Waals surface area contributed by atoms with E-state index in [0.29, 0.717) is 11.8 Å². The van der Waals surface area contributed by atoms with Gasteiger partial charge in [0.2, 0.25) is 0 Å². The molecule has 0 radical (unpaired) electrons. The van der Waals surface area contributed by atoms with Crippen LogP contribution in [-0.2, 0) is 33.1 Å². The molecule has 0 aliphatic carbocycles. The van der Waals surface area contributed by atoms with Crippen LogP contribution < -0.4 is 0 Å². The highest BCUT2D eigenvalue weighted by Crippen LogP contribution is 2.18. The van der Waals surface area contributed by atoms with Gasteiger partial charge in [0.15, 0.2) is 0 Å². The molecular formula is C16H26Cl2N2O6S4. The molecule has 14 heteroatoms. The van der Waals surface area contributed by atoms with E-state index in [-0.39, 0.29) is 0 Å². The number of thiazole rings is 2. The molecule has 2 aromatic heterocycles. The smallest absolute Gasteiger partial charge is 0.265 e. The molecule has 2 aromatic rings. The van der Waals surface area contributed by atoms with Crippen LogP contribution in [0, 0.1) is 27.7 Å². The summed E-state index contributed by atoms with van der Waals surface area (Å²) in [4.78, 5) is 11.2. The molecule has 0 fully saturated rings. The molecule has 0 aromatic carbocycles. The van der Waals surface area contributed by atoms with Crippen LogP contribution >= 0.6 is 45.9 Å². The summed E-state index contributed by atoms with van der Waals surface area (Å²) in [6.45, 7) is 8.11. The number of aryl methyl sites for hydroxylation is 6. The lowest BCUT2D eigenvalue weighted by atomic mass is 10.3. The fraction of sp³-hybridized carbons (Fsp3) is 0.625. The Morgan fingerprint density at radius 1 is 0.733 bits per heavy atom. The van der Waals surface area contributed by atoms with E-state index in [9.17, 15) is 16.8 Å². The predicted molar refractivity (Wildman–Crippen MR) is 125 cm³/mol. The van der Waals surface area contributed by atoms with Crippen molar-refractivity contribution >= 4 is 66.1 Å². The van der Waals surface area contributed by atoms with Gasteiger partial charge in [-0.3, -0.25) is 9.11 Å². The average molecular weight is 542 g/mol. The first-order valence-corrected chi connectivity index (χ1v) is 14.5. The molecule has 0 unspecified atom stereocenters. The Bertz CT molecular complexity index is 907. The second-order valence-electron chi connectivity index (χ2n) is 5.93. The Morgan fingerprint density at radius 2 is 1.03 bits per heavy atom. The lowest BCUT2D eigenvalue weighted by Crippen LogP contribution is -2.15. The van der Waals surface area contributed by atoms with Crippen LogP contribution in [0.2, 0.25) is 0 Å². The van der Waals surface area contributed by atoms with Crippen molar-refractivity contribution in [3.63, 3.8) is 0 Å². The second-order valence-corrected chi connectivity index (χ2v) is 12.4. The third-order valence-electron chi connectivity index (χ3n) is 3.24. The maximum Gasteiger partial charge on any atom is 0.265 e. The van der Waals surface area contributed by atoms with Crippen molar-refractivity contribution in [3.05, 3.63) is 31.2 Å². The number of hydrogen-bond acceptors (Lipinski definition) is 8. The normalized spacial score (nSPS) is 11.3. The van der Waals surface area contributed by atoms with Crippen LogP contribution in [0.15, 0.2) is 0 Å². The summed E-state index contributed by atoms with van der Waals surface area (Å²) in [5, 5.41) is 2.27. The van der Waals surface area contributed by atoms with E-state index >= 15 is 0 Å². The van der Waals surface area contributed by atoms with Gasteiger partial charge >= 0.3 is 0 Å². The van der Waals surface area contributed by atoms with Gasteiger partial charge in [-0.15, -0.1) is 45.9 Å². The van der Waals surface area contributed by atoms with E-state index in [4.69, 9.17) is 32.3 Å². The van der Waals surface area contributed by atoms with Crippen molar-refractivity contribution in [2.75, 3.05) is 23.3 Å². The number of aromatic nitrogens is 2. The summed E-state index contributed by atoms with van der Waals surface area (Å²) in [5.41, 5.74) is 2.28. The third-order valence-corrected chi connectivity index (χ3v) is 7.58. The number of rotatable bonds is 7. The Kier molecular flexibility index (Phi) is 13.8. The van der Waals surface area contributed by atoms with Crippen molar-refractivity contribution in [2.45, 2.75) is 40.5 Å². The van der Waals surface area contributed by atoms with Gasteiger partial charge in [-0.1, -0.05) is 0 Å². The highest BCUT2D eigenvalue weighted by Gasteiger charge is 2.11. The maximum absolute atomic E-state index is 9.86. The van der Waals surface area contributed by atoms with Crippen LogP contribution in [0.3, 0.4) is 0 Å². The number of alkyl halides is 2. The summed E-state index contributed by atoms with van der Waals surface area (Å²) >= 11 is 14.7. The molecular weight excluding hydrogens is 515 g/mol. The fourth-order valence-corrected chi connectivity index (χ4v) is 6.15. The molecule has 30 heavy (non-hydrogen) atoms. The van der Waals surface area contributed by atoms with Crippen molar-refractivity contribution in [3.8, 4) is 0 Å². The zero-order valence-electron chi connectivity index (χ0n) is 17.1. The van der Waals surface area contributed by atoms with E-state index in [1.807, 2.05) is 27.7 Å². The quantitative estimate of drug-likeness (QED) is 0.399. The van der Waals surface area contributed by atoms with Crippen LogP contribution in [0.4, 0.5) is 0 Å². The Morgan fingerprint density at radius 3 is 1.20 bits per heavy atom. The molecule has 0 aliphatic rings. The molecule has 0 spiro atoms. The van der Waals surface area contributed by atoms with E-state index in [0.717, 1.165) is 34.2 Å². The molecule has 2 rings (SSSR count). The van der Waals surface area contributed by atoms with Crippen molar-refractivity contribution in [2.24, 2.45) is 0 Å². The predicted octanol–water partition coefficient (Wildman–Crippen LogP) is 3.84. The van der Waals surface area contributed by atoms with E-state index in [1.54, 1.807) is 22.7 Å². The molecule has 0 amide bonds. The summed E-state index contributed by atoms with van der Waals surface area (Å²) < 4.78 is 55.4. The van der Waals surface area contributed by atoms with E-state index in [1.165, 1.54) is 9.75 Å². The van der Waals surface area contributed by atoms with Crippen LogP contribution in [0.25, 0.3) is 0 Å². The first-order valence-electron chi connectivity index (χ1n) is 8.56.